The molecule has 1 atom stereocenters. The van der Waals surface area contributed by atoms with Crippen LogP contribution in [-0.2, 0) is 0 Å². The molecule has 15 heavy (non-hydrogen) atoms. The van der Waals surface area contributed by atoms with Crippen LogP contribution in [0.4, 0.5) is 0 Å². The van der Waals surface area contributed by atoms with Crippen LogP contribution in [-0.4, -0.2) is 10.9 Å². The quantitative estimate of drug-likeness (QED) is 0.415. The lowest BCUT2D eigenvalue weighted by Gasteiger charge is -2.14. The first-order valence-corrected chi connectivity index (χ1v) is 5.77. The molecule has 0 saturated carbocycles. The third kappa shape index (κ3) is 4.32. The van der Waals surface area contributed by atoms with Crippen LogP contribution in [0.2, 0.25) is 0 Å². The Labute approximate surface area is 92.4 Å². The van der Waals surface area contributed by atoms with E-state index in [9.17, 15) is 0 Å². The second-order valence-electron chi connectivity index (χ2n) is 4.37. The van der Waals surface area contributed by atoms with Crippen LogP contribution in [0.15, 0.2) is 29.0 Å². The Balaban J connectivity index is 2.70. The fourth-order valence-electron chi connectivity index (χ4n) is 1.91. The van der Waals surface area contributed by atoms with Crippen molar-refractivity contribution < 1.29 is 5.21 Å². The van der Waals surface area contributed by atoms with E-state index in [0.717, 1.165) is 12.1 Å². The van der Waals surface area contributed by atoms with Gasteiger partial charge in [-0.15, -0.1) is 0 Å². The maximum atomic E-state index is 8.68. The molecule has 0 aromatic rings. The van der Waals surface area contributed by atoms with E-state index < -0.39 is 0 Å². The predicted molar refractivity (Wildman–Crippen MR) is 64.4 cm³/mol. The van der Waals surface area contributed by atoms with Gasteiger partial charge in [0.2, 0.25) is 0 Å². The minimum absolute atomic E-state index is 0.601. The Hall–Kier alpha value is -1.05. The molecule has 2 nitrogen and oxygen atoms in total. The first-order valence-electron chi connectivity index (χ1n) is 5.77. The van der Waals surface area contributed by atoms with Crippen LogP contribution in [0.3, 0.4) is 0 Å². The van der Waals surface area contributed by atoms with Crippen molar-refractivity contribution in [1.82, 2.24) is 0 Å². The summed E-state index contributed by atoms with van der Waals surface area (Å²) in [6.45, 7) is 4.12. The van der Waals surface area contributed by atoms with Crippen molar-refractivity contribution in [1.29, 1.82) is 0 Å². The number of nitrogens with zero attached hydrogens (tertiary/aromatic N) is 1. The van der Waals surface area contributed by atoms with Crippen LogP contribution in [0, 0.1) is 5.92 Å². The van der Waals surface area contributed by atoms with Gasteiger partial charge in [-0.3, -0.25) is 0 Å². The van der Waals surface area contributed by atoms with Crippen molar-refractivity contribution >= 4 is 5.71 Å². The summed E-state index contributed by atoms with van der Waals surface area (Å²) >= 11 is 0. The molecule has 0 bridgehead atoms. The van der Waals surface area contributed by atoms with E-state index in [1.807, 2.05) is 6.92 Å². The SMILES string of the molecule is C/C(C/C1=C/C=C\CCCCC1C)=N\O. The van der Waals surface area contributed by atoms with Crippen molar-refractivity contribution in [3.05, 3.63) is 23.8 Å². The summed E-state index contributed by atoms with van der Waals surface area (Å²) in [4.78, 5) is 0. The van der Waals surface area contributed by atoms with E-state index in [-0.39, 0.29) is 0 Å². The largest absolute Gasteiger partial charge is 0.411 e. The van der Waals surface area contributed by atoms with Gasteiger partial charge in [-0.25, -0.2) is 0 Å². The molecule has 84 valence electrons. The second-order valence-corrected chi connectivity index (χ2v) is 4.37. The van der Waals surface area contributed by atoms with Gasteiger partial charge in [-0.05, 0) is 32.1 Å². The van der Waals surface area contributed by atoms with E-state index in [1.165, 1.54) is 31.3 Å². The van der Waals surface area contributed by atoms with Crippen molar-refractivity contribution in [2.24, 2.45) is 11.1 Å². The number of hydrogen-bond acceptors (Lipinski definition) is 2. The molecule has 1 aliphatic rings. The zero-order valence-corrected chi connectivity index (χ0v) is 9.74. The molecule has 0 aromatic carbocycles. The van der Waals surface area contributed by atoms with E-state index >= 15 is 0 Å². The standard InChI is InChI=1S/C13H21NO/c1-11-8-6-4-3-5-7-9-13(11)10-12(2)14-15/h5,7,9,11,15H,3-4,6,8,10H2,1-2H3/b7-5-,13-9-,14-12+. The molecule has 2 heteroatoms. The maximum Gasteiger partial charge on any atom is 0.0580 e. The topological polar surface area (TPSA) is 32.6 Å². The summed E-state index contributed by atoms with van der Waals surface area (Å²) in [5.41, 5.74) is 2.17. The first-order chi connectivity index (χ1) is 7.24. The molecule has 0 radical (unpaired) electrons. The normalized spacial score (nSPS) is 29.6. The molecule has 1 unspecified atom stereocenters. The third-order valence-corrected chi connectivity index (χ3v) is 2.97. The minimum Gasteiger partial charge on any atom is -0.411 e. The van der Waals surface area contributed by atoms with Crippen molar-refractivity contribution in [3.8, 4) is 0 Å². The van der Waals surface area contributed by atoms with Gasteiger partial charge in [0.1, 0.15) is 0 Å². The van der Waals surface area contributed by atoms with Crippen LogP contribution in [0.5, 0.6) is 0 Å². The van der Waals surface area contributed by atoms with Gasteiger partial charge in [0.05, 0.1) is 5.71 Å². The second kappa shape index (κ2) is 6.44. The fraction of sp³-hybridized carbons (Fsp3) is 0.615. The van der Waals surface area contributed by atoms with Gasteiger partial charge >= 0.3 is 0 Å². The summed E-state index contributed by atoms with van der Waals surface area (Å²) < 4.78 is 0. The number of rotatable bonds is 2. The summed E-state index contributed by atoms with van der Waals surface area (Å²) in [5.74, 6) is 0.601. The zero-order chi connectivity index (χ0) is 11.1. The minimum atomic E-state index is 0.601. The van der Waals surface area contributed by atoms with Crippen LogP contribution in [0.1, 0.15) is 46.0 Å². The maximum absolute atomic E-state index is 8.68. The average Bonchev–Trinajstić information content (AvgIpc) is 2.33. The lowest BCUT2D eigenvalue weighted by molar-refractivity contribution is 0.317. The Morgan fingerprint density at radius 2 is 2.33 bits per heavy atom. The summed E-state index contributed by atoms with van der Waals surface area (Å²) in [6.07, 6.45) is 12.3. The smallest absolute Gasteiger partial charge is 0.0580 e. The van der Waals surface area contributed by atoms with Crippen LogP contribution >= 0.6 is 0 Å². The van der Waals surface area contributed by atoms with Crippen LogP contribution in [0.25, 0.3) is 0 Å². The van der Waals surface area contributed by atoms with Crippen molar-refractivity contribution in [2.75, 3.05) is 0 Å². The average molecular weight is 207 g/mol. The Morgan fingerprint density at radius 1 is 1.53 bits per heavy atom. The highest BCUT2D eigenvalue weighted by Crippen LogP contribution is 2.23. The molecule has 0 aliphatic heterocycles. The van der Waals surface area contributed by atoms with Gasteiger partial charge in [-0.2, -0.15) is 0 Å². The highest BCUT2D eigenvalue weighted by Gasteiger charge is 2.10. The molecular weight excluding hydrogens is 186 g/mol. The van der Waals surface area contributed by atoms with Gasteiger partial charge < -0.3 is 5.21 Å². The zero-order valence-electron chi connectivity index (χ0n) is 9.74. The number of hydrogen-bond donors (Lipinski definition) is 1. The monoisotopic (exact) mass is 207 g/mol. The molecule has 0 spiro atoms. The highest BCUT2D eigenvalue weighted by atomic mass is 16.4. The molecule has 0 amide bonds. The van der Waals surface area contributed by atoms with Crippen LogP contribution < -0.4 is 0 Å². The van der Waals surface area contributed by atoms with Gasteiger partial charge in [-0.1, -0.05) is 42.3 Å². The Kier molecular flexibility index (Phi) is 5.16. The van der Waals surface area contributed by atoms with Gasteiger partial charge in [0.15, 0.2) is 0 Å². The number of oxime groups is 1. The summed E-state index contributed by atoms with van der Waals surface area (Å²) in [6, 6.07) is 0. The molecule has 0 saturated heterocycles. The lowest BCUT2D eigenvalue weighted by Crippen LogP contribution is -2.04. The van der Waals surface area contributed by atoms with E-state index in [4.69, 9.17) is 5.21 Å². The molecule has 0 fully saturated rings. The van der Waals surface area contributed by atoms with Crippen molar-refractivity contribution in [3.63, 3.8) is 0 Å². The molecule has 0 heterocycles. The van der Waals surface area contributed by atoms with E-state index in [0.29, 0.717) is 5.92 Å². The molecule has 1 rings (SSSR count). The summed E-state index contributed by atoms with van der Waals surface area (Å²) in [7, 11) is 0. The third-order valence-electron chi connectivity index (χ3n) is 2.97. The fourth-order valence-corrected chi connectivity index (χ4v) is 1.91. The Morgan fingerprint density at radius 3 is 3.07 bits per heavy atom. The predicted octanol–water partition coefficient (Wildman–Crippen LogP) is 3.92. The molecule has 1 N–H and O–H groups in total. The highest BCUT2D eigenvalue weighted by molar-refractivity contribution is 5.83. The first kappa shape index (κ1) is 12.0. The summed E-state index contributed by atoms with van der Waals surface area (Å²) in [5, 5.41) is 11.9. The molecular formula is C13H21NO. The lowest BCUT2D eigenvalue weighted by atomic mass is 9.91. The van der Waals surface area contributed by atoms with E-state index in [2.05, 4.69) is 30.3 Å². The van der Waals surface area contributed by atoms with Crippen molar-refractivity contribution in [2.45, 2.75) is 46.0 Å². The van der Waals surface area contributed by atoms with Gasteiger partial charge in [0.25, 0.3) is 0 Å². The molecule has 0 aromatic heterocycles. The molecule has 1 aliphatic carbocycles. The number of allylic oxidation sites excluding steroid dienone is 4. The van der Waals surface area contributed by atoms with Gasteiger partial charge in [0, 0.05) is 6.42 Å². The Bertz CT molecular complexity index is 276. The van der Waals surface area contributed by atoms with E-state index in [1.54, 1.807) is 0 Å².